The van der Waals surface area contributed by atoms with Crippen molar-refractivity contribution in [3.63, 3.8) is 0 Å². The van der Waals surface area contributed by atoms with Gasteiger partial charge < -0.3 is 14.7 Å². The van der Waals surface area contributed by atoms with Gasteiger partial charge in [0.15, 0.2) is 11.6 Å². The number of anilines is 1. The summed E-state index contributed by atoms with van der Waals surface area (Å²) in [4.78, 5) is 20.7. The summed E-state index contributed by atoms with van der Waals surface area (Å²) in [5, 5.41) is 9.96. The standard InChI is InChI=1S/C23H28N6O4S2/c1-35(31,32)29-9-7-27(8-10-29)16-19-5-6-20(34-19)22-24-21(17-3-2-4-18(30)15-17)25-23(26-22)28-11-13-33-14-12-28/h2-6,15,30H,7-14,16H2,1H3. The Labute approximate surface area is 208 Å². The fraction of sp³-hybridized carbons (Fsp3) is 0.435. The first-order valence-electron chi connectivity index (χ1n) is 11.5. The minimum Gasteiger partial charge on any atom is -0.508 e. The van der Waals surface area contributed by atoms with Crippen LogP contribution in [0.25, 0.3) is 22.1 Å². The molecule has 2 aromatic heterocycles. The van der Waals surface area contributed by atoms with Gasteiger partial charge in [-0.2, -0.15) is 14.3 Å². The maximum atomic E-state index is 11.8. The number of morpholine rings is 1. The quantitative estimate of drug-likeness (QED) is 0.525. The van der Waals surface area contributed by atoms with Crippen molar-refractivity contribution in [3.05, 3.63) is 41.3 Å². The van der Waals surface area contributed by atoms with Gasteiger partial charge in [0, 0.05) is 56.3 Å². The Kier molecular flexibility index (Phi) is 6.98. The Hall–Kier alpha value is -2.64. The number of piperazine rings is 1. The van der Waals surface area contributed by atoms with Crippen molar-refractivity contribution in [2.75, 3.05) is 63.6 Å². The molecule has 0 spiro atoms. The zero-order valence-corrected chi connectivity index (χ0v) is 21.1. The Morgan fingerprint density at radius 1 is 0.971 bits per heavy atom. The number of thiophene rings is 1. The van der Waals surface area contributed by atoms with Gasteiger partial charge in [-0.3, -0.25) is 4.90 Å². The number of aromatic nitrogens is 3. The summed E-state index contributed by atoms with van der Waals surface area (Å²) in [5.74, 6) is 1.87. The first kappa shape index (κ1) is 24.1. The average molecular weight is 517 g/mol. The number of phenolic OH excluding ortho intramolecular Hbond substituents is 1. The lowest BCUT2D eigenvalue weighted by molar-refractivity contribution is 0.122. The lowest BCUT2D eigenvalue weighted by Gasteiger charge is -2.32. The summed E-state index contributed by atoms with van der Waals surface area (Å²) in [5.41, 5.74) is 0.726. The van der Waals surface area contributed by atoms with Gasteiger partial charge in [-0.1, -0.05) is 12.1 Å². The van der Waals surface area contributed by atoms with Gasteiger partial charge in [0.25, 0.3) is 0 Å². The molecule has 35 heavy (non-hydrogen) atoms. The van der Waals surface area contributed by atoms with E-state index < -0.39 is 10.0 Å². The molecule has 0 aliphatic carbocycles. The highest BCUT2D eigenvalue weighted by atomic mass is 32.2. The zero-order valence-electron chi connectivity index (χ0n) is 19.5. The Bertz CT molecular complexity index is 1280. The lowest BCUT2D eigenvalue weighted by atomic mass is 10.2. The van der Waals surface area contributed by atoms with E-state index >= 15 is 0 Å². The summed E-state index contributed by atoms with van der Waals surface area (Å²) in [6, 6.07) is 11.0. The summed E-state index contributed by atoms with van der Waals surface area (Å²) >= 11 is 1.63. The molecule has 0 amide bonds. The third-order valence-electron chi connectivity index (χ3n) is 6.08. The maximum absolute atomic E-state index is 11.8. The molecule has 5 rings (SSSR count). The second kappa shape index (κ2) is 10.2. The molecule has 2 fully saturated rings. The maximum Gasteiger partial charge on any atom is 0.229 e. The average Bonchev–Trinajstić information content (AvgIpc) is 3.33. The van der Waals surface area contributed by atoms with Crippen molar-refractivity contribution in [1.82, 2.24) is 24.2 Å². The van der Waals surface area contributed by atoms with Crippen LogP contribution in [0.5, 0.6) is 5.75 Å². The Morgan fingerprint density at radius 3 is 2.43 bits per heavy atom. The van der Waals surface area contributed by atoms with Crippen LogP contribution < -0.4 is 4.90 Å². The van der Waals surface area contributed by atoms with Crippen molar-refractivity contribution < 1.29 is 18.3 Å². The van der Waals surface area contributed by atoms with Gasteiger partial charge in [-0.05, 0) is 24.3 Å². The molecule has 4 heterocycles. The van der Waals surface area contributed by atoms with E-state index in [4.69, 9.17) is 19.7 Å². The van der Waals surface area contributed by atoms with Gasteiger partial charge in [0.1, 0.15) is 5.75 Å². The largest absolute Gasteiger partial charge is 0.508 e. The van der Waals surface area contributed by atoms with Crippen molar-refractivity contribution in [1.29, 1.82) is 0 Å². The van der Waals surface area contributed by atoms with Crippen LogP contribution in [0.4, 0.5) is 5.95 Å². The van der Waals surface area contributed by atoms with Crippen LogP contribution in [0.3, 0.4) is 0 Å². The van der Waals surface area contributed by atoms with Crippen LogP contribution in [-0.4, -0.2) is 96.4 Å². The number of hydrogen-bond donors (Lipinski definition) is 1. The number of rotatable bonds is 6. The van der Waals surface area contributed by atoms with E-state index in [1.54, 1.807) is 29.5 Å². The summed E-state index contributed by atoms with van der Waals surface area (Å²) in [6.07, 6.45) is 1.26. The Morgan fingerprint density at radius 2 is 1.71 bits per heavy atom. The number of phenols is 1. The number of aromatic hydroxyl groups is 1. The van der Waals surface area contributed by atoms with E-state index in [0.29, 0.717) is 70.1 Å². The van der Waals surface area contributed by atoms with Crippen LogP contribution in [0.15, 0.2) is 36.4 Å². The van der Waals surface area contributed by atoms with Gasteiger partial charge in [0.05, 0.1) is 24.3 Å². The SMILES string of the molecule is CS(=O)(=O)N1CCN(Cc2ccc(-c3nc(-c4cccc(O)c4)nc(N4CCOCC4)n3)s2)CC1. The second-order valence-corrected chi connectivity index (χ2v) is 11.8. The van der Waals surface area contributed by atoms with Crippen LogP contribution in [0.1, 0.15) is 4.88 Å². The zero-order chi connectivity index (χ0) is 24.4. The topological polar surface area (TPSA) is 112 Å². The molecule has 0 radical (unpaired) electrons. The lowest BCUT2D eigenvalue weighted by Crippen LogP contribution is -2.47. The predicted octanol–water partition coefficient (Wildman–Crippen LogP) is 1.89. The first-order valence-corrected chi connectivity index (χ1v) is 14.2. The molecule has 10 nitrogen and oxygen atoms in total. The highest BCUT2D eigenvalue weighted by Crippen LogP contribution is 2.30. The fourth-order valence-electron chi connectivity index (χ4n) is 4.18. The molecule has 0 unspecified atom stereocenters. The fourth-order valence-corrected chi connectivity index (χ4v) is 5.99. The molecule has 12 heteroatoms. The molecule has 2 aliphatic heterocycles. The summed E-state index contributed by atoms with van der Waals surface area (Å²) in [6.45, 7) is 5.85. The van der Waals surface area contributed by atoms with Crippen LogP contribution in [0.2, 0.25) is 0 Å². The molecule has 2 aliphatic rings. The molecular formula is C23H28N6O4S2. The molecule has 0 bridgehead atoms. The van der Waals surface area contributed by atoms with E-state index in [1.165, 1.54) is 15.4 Å². The molecule has 186 valence electrons. The number of benzene rings is 1. The minimum absolute atomic E-state index is 0.159. The van der Waals surface area contributed by atoms with Gasteiger partial charge in [0.2, 0.25) is 16.0 Å². The van der Waals surface area contributed by atoms with Gasteiger partial charge in [-0.15, -0.1) is 11.3 Å². The highest BCUT2D eigenvalue weighted by Gasteiger charge is 2.24. The number of ether oxygens (including phenoxy) is 1. The van der Waals surface area contributed by atoms with E-state index in [2.05, 4.69) is 15.9 Å². The van der Waals surface area contributed by atoms with Crippen LogP contribution >= 0.6 is 11.3 Å². The van der Waals surface area contributed by atoms with E-state index in [9.17, 15) is 13.5 Å². The highest BCUT2D eigenvalue weighted by molar-refractivity contribution is 7.88. The normalized spacial score (nSPS) is 18.1. The molecule has 3 aromatic rings. The third-order valence-corrected chi connectivity index (χ3v) is 8.45. The third kappa shape index (κ3) is 5.78. The van der Waals surface area contributed by atoms with Crippen molar-refractivity contribution in [3.8, 4) is 27.8 Å². The molecule has 0 saturated carbocycles. The molecule has 1 N–H and O–H groups in total. The second-order valence-electron chi connectivity index (χ2n) is 8.64. The van der Waals surface area contributed by atoms with Gasteiger partial charge >= 0.3 is 0 Å². The Balaban J connectivity index is 1.39. The molecular weight excluding hydrogens is 488 g/mol. The van der Waals surface area contributed by atoms with Gasteiger partial charge in [-0.25, -0.2) is 13.4 Å². The summed E-state index contributed by atoms with van der Waals surface area (Å²) < 4.78 is 30.6. The van der Waals surface area contributed by atoms with Crippen molar-refractivity contribution >= 4 is 27.3 Å². The number of sulfonamides is 1. The smallest absolute Gasteiger partial charge is 0.229 e. The number of hydrogen-bond acceptors (Lipinski definition) is 10. The van der Waals surface area contributed by atoms with Crippen molar-refractivity contribution in [2.45, 2.75) is 6.54 Å². The number of nitrogens with zero attached hydrogens (tertiary/aromatic N) is 6. The van der Waals surface area contributed by atoms with Crippen LogP contribution in [0, 0.1) is 0 Å². The molecule has 0 atom stereocenters. The van der Waals surface area contributed by atoms with E-state index in [-0.39, 0.29) is 5.75 Å². The monoisotopic (exact) mass is 516 g/mol. The summed E-state index contributed by atoms with van der Waals surface area (Å²) in [7, 11) is -3.14. The first-order chi connectivity index (χ1) is 16.8. The predicted molar refractivity (Wildman–Crippen MR) is 135 cm³/mol. The van der Waals surface area contributed by atoms with E-state index in [1.807, 2.05) is 12.1 Å². The van der Waals surface area contributed by atoms with Crippen molar-refractivity contribution in [2.24, 2.45) is 0 Å². The molecule has 1 aromatic carbocycles. The van der Waals surface area contributed by atoms with Crippen LogP contribution in [-0.2, 0) is 21.3 Å². The minimum atomic E-state index is -3.14. The van der Waals surface area contributed by atoms with E-state index in [0.717, 1.165) is 17.0 Å². The molecule has 2 saturated heterocycles.